The van der Waals surface area contributed by atoms with E-state index in [4.69, 9.17) is 18.0 Å². The summed E-state index contributed by atoms with van der Waals surface area (Å²) in [6, 6.07) is 3.13. The summed E-state index contributed by atoms with van der Waals surface area (Å²) >= 11 is 5.55. The lowest BCUT2D eigenvalue weighted by molar-refractivity contribution is 0.0958. The molecule has 0 radical (unpaired) electrons. The minimum absolute atomic E-state index is 0.210. The van der Waals surface area contributed by atoms with Crippen molar-refractivity contribution in [1.29, 1.82) is 0 Å². The molecular weight excluding hydrogens is 188 g/mol. The van der Waals surface area contributed by atoms with Gasteiger partial charge in [0.2, 0.25) is 0 Å². The zero-order valence-electron chi connectivity index (χ0n) is 6.75. The first kappa shape index (κ1) is 9.56. The molecule has 0 unspecified atom stereocenters. The summed E-state index contributed by atoms with van der Waals surface area (Å²) in [5.74, 6) is 2.05. The summed E-state index contributed by atoms with van der Waals surface area (Å²) in [5, 5.41) is 2.87. The Morgan fingerprint density at radius 3 is 3.00 bits per heavy atom. The van der Waals surface area contributed by atoms with Crippen LogP contribution in [0.5, 0.6) is 0 Å². The Bertz CT molecular complexity index is 340. The molecule has 1 amide bonds. The van der Waals surface area contributed by atoms with Gasteiger partial charge in [0.1, 0.15) is 5.15 Å². The molecule has 0 aliphatic carbocycles. The van der Waals surface area contributed by atoms with Crippen molar-refractivity contribution >= 4 is 17.5 Å². The predicted molar refractivity (Wildman–Crippen MR) is 50.4 cm³/mol. The van der Waals surface area contributed by atoms with E-state index in [2.05, 4.69) is 16.2 Å². The van der Waals surface area contributed by atoms with Crippen LogP contribution in [-0.4, -0.2) is 17.4 Å². The van der Waals surface area contributed by atoms with Crippen LogP contribution in [0.4, 0.5) is 0 Å². The Balaban J connectivity index is 2.68. The van der Waals surface area contributed by atoms with E-state index in [9.17, 15) is 4.79 Å². The van der Waals surface area contributed by atoms with Gasteiger partial charge < -0.3 is 5.32 Å². The smallest absolute Gasteiger partial charge is 0.253 e. The number of carbonyl (C=O) groups is 1. The van der Waals surface area contributed by atoms with Gasteiger partial charge in [0.25, 0.3) is 5.91 Å². The molecule has 4 heteroatoms. The Morgan fingerprint density at radius 1 is 1.69 bits per heavy atom. The predicted octanol–water partition coefficient (Wildman–Crippen LogP) is 1.10. The molecule has 0 aliphatic heterocycles. The number of terminal acetylenes is 1. The summed E-state index contributed by atoms with van der Waals surface area (Å²) < 4.78 is 0. The molecule has 66 valence electrons. The number of nitrogens with one attached hydrogen (secondary N) is 1. The molecule has 0 spiro atoms. The van der Waals surface area contributed by atoms with Crippen molar-refractivity contribution in [2.24, 2.45) is 0 Å². The molecule has 13 heavy (non-hydrogen) atoms. The Labute approximate surface area is 81.1 Å². The second-order valence-electron chi connectivity index (χ2n) is 2.26. The quantitative estimate of drug-likeness (QED) is 0.566. The molecule has 0 saturated heterocycles. The normalized spacial score (nSPS) is 8.92. The highest BCUT2D eigenvalue weighted by atomic mass is 35.5. The number of amides is 1. The van der Waals surface area contributed by atoms with Gasteiger partial charge in [-0.3, -0.25) is 4.79 Å². The van der Waals surface area contributed by atoms with Crippen LogP contribution in [-0.2, 0) is 0 Å². The molecule has 0 aromatic carbocycles. The van der Waals surface area contributed by atoms with Crippen molar-refractivity contribution in [1.82, 2.24) is 10.3 Å². The van der Waals surface area contributed by atoms with Crippen molar-refractivity contribution in [3.05, 3.63) is 29.0 Å². The van der Waals surface area contributed by atoms with Gasteiger partial charge in [-0.1, -0.05) is 17.5 Å². The van der Waals surface area contributed by atoms with E-state index < -0.39 is 0 Å². The molecule has 0 fully saturated rings. The average Bonchev–Trinajstić information content (AvgIpc) is 2.15. The third kappa shape index (κ3) is 2.77. The van der Waals surface area contributed by atoms with Gasteiger partial charge in [0.15, 0.2) is 0 Å². The van der Waals surface area contributed by atoms with Crippen molar-refractivity contribution in [2.75, 3.05) is 6.54 Å². The summed E-state index contributed by atoms with van der Waals surface area (Å²) in [6.45, 7) is 0.210. The summed E-state index contributed by atoms with van der Waals surface area (Å²) in [6.07, 6.45) is 6.37. The molecule has 0 bridgehead atoms. The number of aromatic nitrogens is 1. The van der Waals surface area contributed by atoms with E-state index in [-0.39, 0.29) is 12.5 Å². The largest absolute Gasteiger partial charge is 0.341 e. The molecule has 3 nitrogen and oxygen atoms in total. The molecule has 1 aromatic heterocycles. The van der Waals surface area contributed by atoms with Gasteiger partial charge >= 0.3 is 0 Å². The molecule has 0 aliphatic rings. The third-order valence-electron chi connectivity index (χ3n) is 1.34. The first-order valence-electron chi connectivity index (χ1n) is 3.57. The maximum absolute atomic E-state index is 11.2. The van der Waals surface area contributed by atoms with Crippen LogP contribution in [0.25, 0.3) is 0 Å². The lowest BCUT2D eigenvalue weighted by Crippen LogP contribution is -2.23. The second kappa shape index (κ2) is 4.48. The zero-order valence-corrected chi connectivity index (χ0v) is 7.51. The topological polar surface area (TPSA) is 42.0 Å². The maximum atomic E-state index is 11.2. The van der Waals surface area contributed by atoms with Gasteiger partial charge in [-0.15, -0.1) is 6.42 Å². The highest BCUT2D eigenvalue weighted by molar-refractivity contribution is 6.29. The van der Waals surface area contributed by atoms with Crippen LogP contribution in [0.1, 0.15) is 10.4 Å². The van der Waals surface area contributed by atoms with Gasteiger partial charge in [-0.05, 0) is 12.1 Å². The molecule has 0 atom stereocenters. The maximum Gasteiger partial charge on any atom is 0.253 e. The van der Waals surface area contributed by atoms with Crippen molar-refractivity contribution in [3.63, 3.8) is 0 Å². The molecule has 1 rings (SSSR count). The van der Waals surface area contributed by atoms with Gasteiger partial charge in [0, 0.05) is 6.20 Å². The SMILES string of the molecule is C#CCNC(=O)c1ccc(Cl)nc1. The van der Waals surface area contributed by atoms with Crippen LogP contribution >= 0.6 is 11.6 Å². The number of hydrogen-bond acceptors (Lipinski definition) is 2. The number of nitrogens with zero attached hydrogens (tertiary/aromatic N) is 1. The number of rotatable bonds is 2. The van der Waals surface area contributed by atoms with E-state index in [1.807, 2.05) is 0 Å². The third-order valence-corrected chi connectivity index (χ3v) is 1.56. The highest BCUT2D eigenvalue weighted by Crippen LogP contribution is 2.04. The Kier molecular flexibility index (Phi) is 3.30. The molecule has 1 heterocycles. The van der Waals surface area contributed by atoms with E-state index in [0.29, 0.717) is 10.7 Å². The number of carbonyl (C=O) groups excluding carboxylic acids is 1. The van der Waals surface area contributed by atoms with E-state index in [1.165, 1.54) is 6.20 Å². The second-order valence-corrected chi connectivity index (χ2v) is 2.64. The van der Waals surface area contributed by atoms with Crippen LogP contribution < -0.4 is 5.32 Å². The van der Waals surface area contributed by atoms with Crippen molar-refractivity contribution in [2.45, 2.75) is 0 Å². The molecule has 1 N–H and O–H groups in total. The first-order chi connectivity index (χ1) is 6.24. The summed E-state index contributed by atoms with van der Waals surface area (Å²) in [5.41, 5.74) is 0.444. The van der Waals surface area contributed by atoms with Crippen molar-refractivity contribution < 1.29 is 4.79 Å². The Hall–Kier alpha value is -1.53. The lowest BCUT2D eigenvalue weighted by atomic mass is 10.3. The van der Waals surface area contributed by atoms with Gasteiger partial charge in [-0.25, -0.2) is 4.98 Å². The van der Waals surface area contributed by atoms with Gasteiger partial charge in [0.05, 0.1) is 12.1 Å². The van der Waals surface area contributed by atoms with E-state index in [0.717, 1.165) is 0 Å². The molecule has 0 saturated carbocycles. The molecular formula is C9H7ClN2O. The van der Waals surface area contributed by atoms with Gasteiger partial charge in [-0.2, -0.15) is 0 Å². The first-order valence-corrected chi connectivity index (χ1v) is 3.95. The van der Waals surface area contributed by atoms with Crippen LogP contribution in [0, 0.1) is 12.3 Å². The summed E-state index contributed by atoms with van der Waals surface area (Å²) in [4.78, 5) is 15.0. The standard InChI is InChI=1S/C9H7ClN2O/c1-2-5-11-9(13)7-3-4-8(10)12-6-7/h1,3-4,6H,5H2,(H,11,13). The average molecular weight is 195 g/mol. The number of halogens is 1. The van der Waals surface area contributed by atoms with Crippen molar-refractivity contribution in [3.8, 4) is 12.3 Å². The fourth-order valence-electron chi connectivity index (χ4n) is 0.744. The Morgan fingerprint density at radius 2 is 2.46 bits per heavy atom. The van der Waals surface area contributed by atoms with E-state index in [1.54, 1.807) is 12.1 Å². The number of pyridine rings is 1. The molecule has 1 aromatic rings. The van der Waals surface area contributed by atoms with E-state index >= 15 is 0 Å². The highest BCUT2D eigenvalue weighted by Gasteiger charge is 2.03. The number of hydrogen-bond donors (Lipinski definition) is 1. The lowest BCUT2D eigenvalue weighted by Gasteiger charge is -1.99. The fourth-order valence-corrected chi connectivity index (χ4v) is 0.855. The summed E-state index contributed by atoms with van der Waals surface area (Å²) in [7, 11) is 0. The van der Waals surface area contributed by atoms with Crippen LogP contribution in [0.15, 0.2) is 18.3 Å². The fraction of sp³-hybridized carbons (Fsp3) is 0.111. The minimum Gasteiger partial charge on any atom is -0.341 e. The zero-order chi connectivity index (χ0) is 9.68. The monoisotopic (exact) mass is 194 g/mol. The van der Waals surface area contributed by atoms with Crippen LogP contribution in [0.3, 0.4) is 0 Å². The minimum atomic E-state index is -0.248. The van der Waals surface area contributed by atoms with Crippen LogP contribution in [0.2, 0.25) is 5.15 Å².